The molecule has 0 bridgehead atoms. The van der Waals surface area contributed by atoms with Crippen LogP contribution >= 0.6 is 23.1 Å². The Hall–Kier alpha value is -1.01. The second-order valence-electron chi connectivity index (χ2n) is 4.72. The Morgan fingerprint density at radius 3 is 2.89 bits per heavy atom. The molecule has 2 heterocycles. The molecule has 1 aliphatic rings. The van der Waals surface area contributed by atoms with Crippen molar-refractivity contribution in [2.45, 2.75) is 31.6 Å². The molecule has 0 aromatic carbocycles. The van der Waals surface area contributed by atoms with Gasteiger partial charge in [-0.1, -0.05) is 0 Å². The summed E-state index contributed by atoms with van der Waals surface area (Å²) in [5, 5.41) is 13.6. The van der Waals surface area contributed by atoms with E-state index in [4.69, 9.17) is 5.11 Å². The molecule has 19 heavy (non-hydrogen) atoms. The predicted molar refractivity (Wildman–Crippen MR) is 77.6 cm³/mol. The lowest BCUT2D eigenvalue weighted by molar-refractivity contribution is -0.142. The molecule has 3 atom stereocenters. The van der Waals surface area contributed by atoms with Crippen molar-refractivity contribution in [2.75, 3.05) is 5.75 Å². The predicted octanol–water partition coefficient (Wildman–Crippen LogP) is 2.30. The molecule has 0 fully saturated rings. The van der Waals surface area contributed by atoms with Crippen molar-refractivity contribution < 1.29 is 14.7 Å². The molecule has 2 N–H and O–H groups in total. The summed E-state index contributed by atoms with van der Waals surface area (Å²) in [4.78, 5) is 24.5. The normalized spacial score (nSPS) is 21.3. The molecule has 0 saturated carbocycles. The quantitative estimate of drug-likeness (QED) is 0.895. The summed E-state index contributed by atoms with van der Waals surface area (Å²) in [5.41, 5.74) is 1.09. The number of thiophene rings is 1. The van der Waals surface area contributed by atoms with Crippen LogP contribution in [0.4, 0.5) is 0 Å². The number of carbonyl (C=O) groups is 2. The molecule has 6 heteroatoms. The Bertz CT molecular complexity index is 486. The van der Waals surface area contributed by atoms with E-state index in [-0.39, 0.29) is 17.2 Å². The lowest BCUT2D eigenvalue weighted by Crippen LogP contribution is -2.42. The van der Waals surface area contributed by atoms with Gasteiger partial charge in [-0.15, -0.1) is 23.1 Å². The number of carboxylic acids is 1. The highest BCUT2D eigenvalue weighted by Crippen LogP contribution is 2.39. The van der Waals surface area contributed by atoms with Gasteiger partial charge >= 0.3 is 5.97 Å². The third kappa shape index (κ3) is 3.12. The number of hydrogen-bond acceptors (Lipinski definition) is 4. The number of amides is 1. The van der Waals surface area contributed by atoms with Crippen LogP contribution in [0.15, 0.2) is 11.4 Å². The van der Waals surface area contributed by atoms with Crippen LogP contribution in [0, 0.1) is 5.92 Å². The fourth-order valence-corrected chi connectivity index (χ4v) is 4.30. The molecular weight excluding hydrogens is 282 g/mol. The number of aliphatic carboxylic acids is 1. The molecule has 4 nitrogen and oxygen atoms in total. The van der Waals surface area contributed by atoms with Crippen molar-refractivity contribution in [3.63, 3.8) is 0 Å². The summed E-state index contributed by atoms with van der Waals surface area (Å²) >= 11 is 3.32. The highest BCUT2D eigenvalue weighted by atomic mass is 32.2. The minimum Gasteiger partial charge on any atom is -0.481 e. The van der Waals surface area contributed by atoms with Crippen molar-refractivity contribution >= 4 is 35.0 Å². The Morgan fingerprint density at radius 2 is 2.21 bits per heavy atom. The van der Waals surface area contributed by atoms with Gasteiger partial charge < -0.3 is 10.4 Å². The van der Waals surface area contributed by atoms with Gasteiger partial charge in [0.2, 0.25) is 5.91 Å². The highest BCUT2D eigenvalue weighted by molar-refractivity contribution is 8.00. The maximum absolute atomic E-state index is 12.3. The van der Waals surface area contributed by atoms with Gasteiger partial charge in [-0.05, 0) is 43.0 Å². The van der Waals surface area contributed by atoms with Crippen molar-refractivity contribution in [1.29, 1.82) is 0 Å². The van der Waals surface area contributed by atoms with Gasteiger partial charge in [0.15, 0.2) is 0 Å². The second kappa shape index (κ2) is 5.96. The van der Waals surface area contributed by atoms with Gasteiger partial charge in [-0.2, -0.15) is 0 Å². The van der Waals surface area contributed by atoms with Crippen LogP contribution in [0.3, 0.4) is 0 Å². The first-order chi connectivity index (χ1) is 9.00. The summed E-state index contributed by atoms with van der Waals surface area (Å²) in [6.07, 6.45) is 1.02. The summed E-state index contributed by atoms with van der Waals surface area (Å²) in [5.74, 6) is -0.612. The first-order valence-corrected chi connectivity index (χ1v) is 8.14. The lowest BCUT2D eigenvalue weighted by Gasteiger charge is -2.25. The molecule has 0 spiro atoms. The van der Waals surface area contributed by atoms with E-state index in [0.29, 0.717) is 0 Å². The SMILES string of the molecule is CC(NC(=O)C1SCCc2sccc21)C(C)C(=O)O. The van der Waals surface area contributed by atoms with Gasteiger partial charge in [0.1, 0.15) is 5.25 Å². The summed E-state index contributed by atoms with van der Waals surface area (Å²) in [6, 6.07) is 1.64. The summed E-state index contributed by atoms with van der Waals surface area (Å²) in [7, 11) is 0. The Morgan fingerprint density at radius 1 is 1.47 bits per heavy atom. The molecule has 3 unspecified atom stereocenters. The minimum absolute atomic E-state index is 0.0787. The fraction of sp³-hybridized carbons (Fsp3) is 0.538. The van der Waals surface area contributed by atoms with Gasteiger partial charge in [-0.25, -0.2) is 0 Å². The number of rotatable bonds is 4. The third-order valence-electron chi connectivity index (χ3n) is 3.42. The van der Waals surface area contributed by atoms with E-state index in [1.165, 1.54) is 4.88 Å². The lowest BCUT2D eigenvalue weighted by atomic mass is 10.0. The first-order valence-electron chi connectivity index (χ1n) is 6.21. The number of carbonyl (C=O) groups excluding carboxylic acids is 1. The molecule has 2 rings (SSSR count). The molecule has 0 saturated heterocycles. The maximum Gasteiger partial charge on any atom is 0.308 e. The molecule has 1 aromatic rings. The molecular formula is C13H17NO3S2. The van der Waals surface area contributed by atoms with Crippen LogP contribution in [0.5, 0.6) is 0 Å². The monoisotopic (exact) mass is 299 g/mol. The van der Waals surface area contributed by atoms with Gasteiger partial charge in [0, 0.05) is 10.9 Å². The standard InChI is InChI=1S/C13H17NO3S2/c1-7(13(16)17)8(2)14-12(15)11-9-3-5-18-10(9)4-6-19-11/h3,5,7-8,11H,4,6H2,1-2H3,(H,14,15)(H,16,17). The van der Waals surface area contributed by atoms with Crippen LogP contribution in [-0.2, 0) is 16.0 Å². The van der Waals surface area contributed by atoms with E-state index in [9.17, 15) is 9.59 Å². The highest BCUT2D eigenvalue weighted by Gasteiger charge is 2.30. The van der Waals surface area contributed by atoms with Crippen LogP contribution in [0.1, 0.15) is 29.5 Å². The molecule has 1 amide bonds. The molecule has 104 valence electrons. The number of hydrogen-bond donors (Lipinski definition) is 2. The number of nitrogens with one attached hydrogen (secondary N) is 1. The van der Waals surface area contributed by atoms with Crippen LogP contribution in [-0.4, -0.2) is 28.8 Å². The Kier molecular flexibility index (Phi) is 4.52. The van der Waals surface area contributed by atoms with Crippen LogP contribution < -0.4 is 5.32 Å². The topological polar surface area (TPSA) is 66.4 Å². The van der Waals surface area contributed by atoms with Crippen LogP contribution in [0.25, 0.3) is 0 Å². The van der Waals surface area contributed by atoms with Crippen molar-refractivity contribution in [1.82, 2.24) is 5.32 Å². The zero-order valence-electron chi connectivity index (χ0n) is 10.9. The zero-order valence-corrected chi connectivity index (χ0v) is 12.5. The van der Waals surface area contributed by atoms with Gasteiger partial charge in [0.25, 0.3) is 0 Å². The van der Waals surface area contributed by atoms with Crippen molar-refractivity contribution in [3.8, 4) is 0 Å². The van der Waals surface area contributed by atoms with Crippen molar-refractivity contribution in [2.24, 2.45) is 5.92 Å². The van der Waals surface area contributed by atoms with Gasteiger partial charge in [0.05, 0.1) is 5.92 Å². The second-order valence-corrected chi connectivity index (χ2v) is 6.94. The average molecular weight is 299 g/mol. The van der Waals surface area contributed by atoms with E-state index in [0.717, 1.165) is 17.7 Å². The first kappa shape index (κ1) is 14.4. The average Bonchev–Trinajstić information content (AvgIpc) is 2.85. The molecule has 0 radical (unpaired) electrons. The third-order valence-corrected chi connectivity index (χ3v) is 5.66. The van der Waals surface area contributed by atoms with Crippen molar-refractivity contribution in [3.05, 3.63) is 21.9 Å². The van der Waals surface area contributed by atoms with E-state index in [1.807, 2.05) is 11.4 Å². The molecule has 0 aliphatic carbocycles. The van der Waals surface area contributed by atoms with Crippen LogP contribution in [0.2, 0.25) is 0 Å². The zero-order chi connectivity index (χ0) is 14.0. The van der Waals surface area contributed by atoms with E-state index < -0.39 is 11.9 Å². The summed E-state index contributed by atoms with van der Waals surface area (Å²) in [6.45, 7) is 3.34. The fourth-order valence-electron chi connectivity index (χ4n) is 2.00. The van der Waals surface area contributed by atoms with Gasteiger partial charge in [-0.3, -0.25) is 9.59 Å². The summed E-state index contributed by atoms with van der Waals surface area (Å²) < 4.78 is 0. The number of aryl methyl sites for hydroxylation is 1. The number of thioether (sulfide) groups is 1. The minimum atomic E-state index is -0.889. The number of carboxylic acid groups (broad SMARTS) is 1. The molecule has 1 aromatic heterocycles. The molecule has 1 aliphatic heterocycles. The maximum atomic E-state index is 12.3. The largest absolute Gasteiger partial charge is 0.481 e. The number of fused-ring (bicyclic) bond motifs is 1. The Balaban J connectivity index is 2.04. The van der Waals surface area contributed by atoms with E-state index >= 15 is 0 Å². The smallest absolute Gasteiger partial charge is 0.308 e. The Labute approximate surface area is 120 Å². The van der Waals surface area contributed by atoms with E-state index in [2.05, 4.69) is 5.32 Å². The van der Waals surface area contributed by atoms with E-state index in [1.54, 1.807) is 36.9 Å².